The molecule has 2 aromatic carbocycles. The number of hydrogen-bond acceptors (Lipinski definition) is 1. The second-order valence-corrected chi connectivity index (χ2v) is 10.4. The molecule has 0 amide bonds. The molecule has 0 radical (unpaired) electrons. The second-order valence-electron chi connectivity index (χ2n) is 10.4. The van der Waals surface area contributed by atoms with Crippen LogP contribution in [0, 0.1) is 23.5 Å². The molecule has 0 heterocycles. The largest absolute Gasteiger partial charge is 0.491 e. The summed E-state index contributed by atoms with van der Waals surface area (Å²) in [7, 11) is 0. The molecule has 2 aliphatic carbocycles. The number of benzene rings is 2. The van der Waals surface area contributed by atoms with Gasteiger partial charge >= 0.3 is 0 Å². The van der Waals surface area contributed by atoms with Gasteiger partial charge in [0.1, 0.15) is 0 Å². The molecule has 0 bridgehead atoms. The predicted molar refractivity (Wildman–Crippen MR) is 142 cm³/mol. The molecule has 0 spiro atoms. The number of halogens is 2. The minimum atomic E-state index is -0.920. The third-order valence-corrected chi connectivity index (χ3v) is 8.33. The third kappa shape index (κ3) is 5.88. The average molecular weight is 479 g/mol. The molecule has 0 saturated heterocycles. The molecule has 1 nitrogen and oxygen atoms in total. The molecule has 0 aromatic heterocycles. The summed E-state index contributed by atoms with van der Waals surface area (Å²) in [5.41, 5.74) is 2.27. The molecule has 4 rings (SSSR count). The average Bonchev–Trinajstić information content (AvgIpc) is 2.91. The molecule has 0 unspecified atom stereocenters. The Bertz CT molecular complexity index is 993. The monoisotopic (exact) mass is 478 g/mol. The van der Waals surface area contributed by atoms with E-state index in [1.165, 1.54) is 56.6 Å². The third-order valence-electron chi connectivity index (χ3n) is 8.33. The van der Waals surface area contributed by atoms with E-state index in [0.29, 0.717) is 12.2 Å². The SMILES string of the molecule is C=CCCC=CC1(c2ccc(-c3ccc(OCC)c(F)c3F)cc2)CCC(C2CCCCC2)CC1. The first-order valence-electron chi connectivity index (χ1n) is 13.6. The van der Waals surface area contributed by atoms with Crippen molar-refractivity contribution in [3.05, 3.63) is 78.4 Å². The molecule has 2 fully saturated rings. The van der Waals surface area contributed by atoms with Gasteiger partial charge in [-0.25, -0.2) is 4.39 Å². The van der Waals surface area contributed by atoms with Crippen molar-refractivity contribution in [2.75, 3.05) is 6.61 Å². The molecule has 2 saturated carbocycles. The van der Waals surface area contributed by atoms with Gasteiger partial charge in [-0.15, -0.1) is 6.58 Å². The Labute approximate surface area is 210 Å². The Morgan fingerprint density at radius 3 is 2.23 bits per heavy atom. The first-order valence-corrected chi connectivity index (χ1v) is 13.6. The van der Waals surface area contributed by atoms with Crippen LogP contribution in [0.15, 0.2) is 61.2 Å². The second kappa shape index (κ2) is 12.0. The van der Waals surface area contributed by atoms with E-state index >= 15 is 0 Å². The van der Waals surface area contributed by atoms with Crippen LogP contribution in [0.1, 0.15) is 83.1 Å². The van der Waals surface area contributed by atoms with E-state index in [4.69, 9.17) is 4.74 Å². The lowest BCUT2D eigenvalue weighted by Crippen LogP contribution is -2.33. The molecular formula is C32H40F2O. The molecule has 35 heavy (non-hydrogen) atoms. The van der Waals surface area contributed by atoms with Crippen molar-refractivity contribution in [1.29, 1.82) is 0 Å². The summed E-state index contributed by atoms with van der Waals surface area (Å²) in [6, 6.07) is 11.3. The van der Waals surface area contributed by atoms with E-state index in [9.17, 15) is 8.78 Å². The Morgan fingerprint density at radius 1 is 0.886 bits per heavy atom. The molecule has 2 aromatic rings. The predicted octanol–water partition coefficient (Wildman–Crippen LogP) is 9.56. The van der Waals surface area contributed by atoms with Crippen molar-refractivity contribution in [2.24, 2.45) is 11.8 Å². The highest BCUT2D eigenvalue weighted by atomic mass is 19.2. The van der Waals surface area contributed by atoms with Gasteiger partial charge in [0.15, 0.2) is 11.6 Å². The fourth-order valence-corrected chi connectivity index (χ4v) is 6.31. The van der Waals surface area contributed by atoms with Crippen molar-refractivity contribution in [3.63, 3.8) is 0 Å². The zero-order valence-electron chi connectivity index (χ0n) is 21.2. The van der Waals surface area contributed by atoms with E-state index in [1.807, 2.05) is 18.2 Å². The van der Waals surface area contributed by atoms with Gasteiger partial charge in [-0.1, -0.05) is 74.6 Å². The van der Waals surface area contributed by atoms with Gasteiger partial charge in [0.25, 0.3) is 0 Å². The van der Waals surface area contributed by atoms with Crippen LogP contribution >= 0.6 is 0 Å². The van der Waals surface area contributed by atoms with Crippen LogP contribution in [0.3, 0.4) is 0 Å². The lowest BCUT2D eigenvalue weighted by molar-refractivity contribution is 0.166. The zero-order valence-corrected chi connectivity index (χ0v) is 21.2. The Kier molecular flexibility index (Phi) is 8.81. The summed E-state index contributed by atoms with van der Waals surface area (Å²) in [5, 5.41) is 0. The summed E-state index contributed by atoms with van der Waals surface area (Å²) in [6.07, 6.45) is 20.6. The van der Waals surface area contributed by atoms with E-state index in [2.05, 4.69) is 30.9 Å². The minimum absolute atomic E-state index is 0.0213. The Balaban J connectivity index is 1.56. The van der Waals surface area contributed by atoms with Gasteiger partial charge in [0.2, 0.25) is 5.82 Å². The van der Waals surface area contributed by atoms with Crippen LogP contribution in [-0.2, 0) is 5.41 Å². The molecule has 0 atom stereocenters. The number of unbranched alkanes of at least 4 members (excludes halogenated alkanes) is 1. The number of ether oxygens (including phenoxy) is 1. The van der Waals surface area contributed by atoms with E-state index in [-0.39, 0.29) is 16.7 Å². The van der Waals surface area contributed by atoms with Crippen LogP contribution in [0.5, 0.6) is 5.75 Å². The molecule has 2 aliphatic rings. The van der Waals surface area contributed by atoms with E-state index in [0.717, 1.165) is 37.5 Å². The molecule has 0 N–H and O–H groups in total. The smallest absolute Gasteiger partial charge is 0.201 e. The summed E-state index contributed by atoms with van der Waals surface area (Å²) >= 11 is 0. The van der Waals surface area contributed by atoms with E-state index in [1.54, 1.807) is 13.0 Å². The highest BCUT2D eigenvalue weighted by Gasteiger charge is 2.37. The number of hydrogen-bond donors (Lipinski definition) is 0. The van der Waals surface area contributed by atoms with Crippen LogP contribution in [0.25, 0.3) is 11.1 Å². The van der Waals surface area contributed by atoms with Crippen molar-refractivity contribution in [1.82, 2.24) is 0 Å². The lowest BCUT2D eigenvalue weighted by Gasteiger charge is -2.42. The molecule has 3 heteroatoms. The highest BCUT2D eigenvalue weighted by molar-refractivity contribution is 5.66. The molecule has 188 valence electrons. The van der Waals surface area contributed by atoms with Crippen molar-refractivity contribution in [2.45, 2.75) is 83.0 Å². The first kappa shape index (κ1) is 25.7. The fourth-order valence-electron chi connectivity index (χ4n) is 6.31. The van der Waals surface area contributed by atoms with Crippen LogP contribution in [0.2, 0.25) is 0 Å². The maximum absolute atomic E-state index is 14.8. The normalized spacial score (nSPS) is 23.5. The van der Waals surface area contributed by atoms with Crippen LogP contribution < -0.4 is 4.74 Å². The zero-order chi connectivity index (χ0) is 24.7. The summed E-state index contributed by atoms with van der Waals surface area (Å²) < 4.78 is 34.4. The molecule has 0 aliphatic heterocycles. The molecular weight excluding hydrogens is 438 g/mol. The summed E-state index contributed by atoms with van der Waals surface area (Å²) in [4.78, 5) is 0. The van der Waals surface area contributed by atoms with Gasteiger partial charge < -0.3 is 4.74 Å². The maximum atomic E-state index is 14.8. The van der Waals surface area contributed by atoms with Gasteiger partial charge in [0, 0.05) is 11.0 Å². The standard InChI is InChI=1S/C32H40F2O/c1-3-5-6-10-21-32(22-19-25(20-23-32)24-11-8-7-9-12-24)27-15-13-26(14-16-27)28-17-18-29(35-4-2)31(34)30(28)33/h3,10,13-18,21,24-25H,1,4-9,11-12,19-20,22-23H2,2H3. The van der Waals surface area contributed by atoms with Gasteiger partial charge in [-0.2, -0.15) is 4.39 Å². The summed E-state index contributed by atoms with van der Waals surface area (Å²) in [6.45, 7) is 5.91. The maximum Gasteiger partial charge on any atom is 0.201 e. The quantitative estimate of drug-likeness (QED) is 0.257. The first-order chi connectivity index (χ1) is 17.1. The minimum Gasteiger partial charge on any atom is -0.491 e. The van der Waals surface area contributed by atoms with E-state index < -0.39 is 11.6 Å². The van der Waals surface area contributed by atoms with Gasteiger partial charge in [-0.3, -0.25) is 0 Å². The highest BCUT2D eigenvalue weighted by Crippen LogP contribution is 2.47. The van der Waals surface area contributed by atoms with Gasteiger partial charge in [0.05, 0.1) is 6.61 Å². The number of allylic oxidation sites excluding steroid dienone is 3. The van der Waals surface area contributed by atoms with Crippen molar-refractivity contribution >= 4 is 0 Å². The van der Waals surface area contributed by atoms with Gasteiger partial charge in [-0.05, 0) is 80.5 Å². The van der Waals surface area contributed by atoms with Crippen molar-refractivity contribution < 1.29 is 13.5 Å². The summed E-state index contributed by atoms with van der Waals surface area (Å²) in [5.74, 6) is -0.0490. The number of rotatable bonds is 9. The topological polar surface area (TPSA) is 9.23 Å². The van der Waals surface area contributed by atoms with Crippen LogP contribution in [0.4, 0.5) is 8.78 Å². The van der Waals surface area contributed by atoms with Crippen LogP contribution in [-0.4, -0.2) is 6.61 Å². The van der Waals surface area contributed by atoms with Crippen molar-refractivity contribution in [3.8, 4) is 16.9 Å². The Morgan fingerprint density at radius 2 is 1.57 bits per heavy atom. The Hall–Kier alpha value is -2.42. The lowest BCUT2D eigenvalue weighted by atomic mass is 9.62. The fraction of sp³-hybridized carbons (Fsp3) is 0.500.